The van der Waals surface area contributed by atoms with E-state index >= 15 is 0 Å². The van der Waals surface area contributed by atoms with Crippen LogP contribution < -0.4 is 10.2 Å². The summed E-state index contributed by atoms with van der Waals surface area (Å²) < 4.78 is 0. The van der Waals surface area contributed by atoms with Crippen LogP contribution in [-0.4, -0.2) is 54.6 Å². The van der Waals surface area contributed by atoms with Gasteiger partial charge in [0.1, 0.15) is 5.82 Å². The van der Waals surface area contributed by atoms with Crippen LogP contribution in [0.4, 0.5) is 11.8 Å². The van der Waals surface area contributed by atoms with E-state index in [9.17, 15) is 0 Å². The van der Waals surface area contributed by atoms with Crippen LogP contribution in [0.2, 0.25) is 0 Å². The van der Waals surface area contributed by atoms with Gasteiger partial charge in [0.05, 0.1) is 0 Å². The van der Waals surface area contributed by atoms with Gasteiger partial charge in [0.2, 0.25) is 5.95 Å². The minimum absolute atomic E-state index is 0.583. The molecule has 1 N–H and O–H groups in total. The van der Waals surface area contributed by atoms with Crippen LogP contribution >= 0.6 is 0 Å². The highest BCUT2D eigenvalue weighted by molar-refractivity contribution is 5.49. The van der Waals surface area contributed by atoms with Gasteiger partial charge in [-0.3, -0.25) is 0 Å². The fourth-order valence-electron chi connectivity index (χ4n) is 2.59. The highest BCUT2D eigenvalue weighted by Gasteiger charge is 2.22. The number of rotatable bonds is 4. The van der Waals surface area contributed by atoms with E-state index in [0.717, 1.165) is 23.9 Å². The summed E-state index contributed by atoms with van der Waals surface area (Å²) in [6.45, 7) is 7.32. The lowest BCUT2D eigenvalue weighted by atomic mass is 10.0. The molecule has 0 aliphatic carbocycles. The van der Waals surface area contributed by atoms with Crippen LogP contribution in [0.1, 0.15) is 25.3 Å². The average molecular weight is 263 g/mol. The van der Waals surface area contributed by atoms with E-state index in [2.05, 4.69) is 53.0 Å². The number of hydrogen-bond acceptors (Lipinski definition) is 5. The van der Waals surface area contributed by atoms with Crippen LogP contribution in [0.5, 0.6) is 0 Å². The number of anilines is 2. The molecule has 0 unspecified atom stereocenters. The van der Waals surface area contributed by atoms with Gasteiger partial charge in [-0.05, 0) is 46.8 Å². The molecule has 2 rings (SSSR count). The normalized spacial score (nSPS) is 17.5. The maximum absolute atomic E-state index is 4.65. The Hall–Kier alpha value is -1.36. The van der Waals surface area contributed by atoms with Crippen molar-refractivity contribution in [3.8, 4) is 0 Å². The summed E-state index contributed by atoms with van der Waals surface area (Å²) in [5, 5.41) is 3.18. The number of hydrogen-bond donors (Lipinski definition) is 1. The Kier molecular flexibility index (Phi) is 4.58. The molecule has 5 nitrogen and oxygen atoms in total. The third-order valence-electron chi connectivity index (χ3n) is 3.85. The van der Waals surface area contributed by atoms with Gasteiger partial charge in [-0.15, -0.1) is 0 Å². The third-order valence-corrected chi connectivity index (χ3v) is 3.85. The Bertz CT molecular complexity index is 412. The van der Waals surface area contributed by atoms with E-state index in [-0.39, 0.29) is 0 Å². The Balaban J connectivity index is 2.13. The van der Waals surface area contributed by atoms with Crippen LogP contribution in [0, 0.1) is 6.92 Å². The second kappa shape index (κ2) is 6.19. The molecule has 19 heavy (non-hydrogen) atoms. The quantitative estimate of drug-likeness (QED) is 0.896. The van der Waals surface area contributed by atoms with Gasteiger partial charge < -0.3 is 15.1 Å². The lowest BCUT2D eigenvalue weighted by Gasteiger charge is -2.36. The van der Waals surface area contributed by atoms with Crippen molar-refractivity contribution in [3.05, 3.63) is 11.8 Å². The van der Waals surface area contributed by atoms with E-state index in [4.69, 9.17) is 0 Å². The van der Waals surface area contributed by atoms with Crippen molar-refractivity contribution in [2.24, 2.45) is 0 Å². The van der Waals surface area contributed by atoms with E-state index in [1.165, 1.54) is 25.9 Å². The largest absolute Gasteiger partial charge is 0.356 e. The topological polar surface area (TPSA) is 44.3 Å². The van der Waals surface area contributed by atoms with Gasteiger partial charge in [0.15, 0.2) is 0 Å². The van der Waals surface area contributed by atoms with Crippen molar-refractivity contribution in [3.63, 3.8) is 0 Å². The first-order chi connectivity index (χ1) is 9.11. The van der Waals surface area contributed by atoms with Crippen molar-refractivity contribution in [2.75, 3.05) is 43.9 Å². The molecule has 2 heterocycles. The molecule has 106 valence electrons. The van der Waals surface area contributed by atoms with Gasteiger partial charge in [-0.1, -0.05) is 0 Å². The average Bonchev–Trinajstić information content (AvgIpc) is 2.41. The molecule has 0 spiro atoms. The van der Waals surface area contributed by atoms with Crippen LogP contribution in [0.15, 0.2) is 6.20 Å². The SMILES string of the molecule is CCNc1ncc(C)c(N(C)C2CCN(C)CC2)n1. The first kappa shape index (κ1) is 14.1. The van der Waals surface area contributed by atoms with Crippen molar-refractivity contribution in [1.29, 1.82) is 0 Å². The molecule has 0 atom stereocenters. The second-order valence-corrected chi connectivity index (χ2v) is 5.38. The third kappa shape index (κ3) is 3.35. The molecule has 0 bridgehead atoms. The molecule has 1 aliphatic heterocycles. The summed E-state index contributed by atoms with van der Waals surface area (Å²) in [5.74, 6) is 1.78. The monoisotopic (exact) mass is 263 g/mol. The zero-order valence-electron chi connectivity index (χ0n) is 12.5. The van der Waals surface area contributed by atoms with E-state index < -0.39 is 0 Å². The van der Waals surface area contributed by atoms with E-state index in [1.807, 2.05) is 6.20 Å². The minimum Gasteiger partial charge on any atom is -0.356 e. The fraction of sp³-hybridized carbons (Fsp3) is 0.714. The van der Waals surface area contributed by atoms with Crippen LogP contribution in [0.25, 0.3) is 0 Å². The second-order valence-electron chi connectivity index (χ2n) is 5.38. The molecule has 5 heteroatoms. The van der Waals surface area contributed by atoms with Crippen molar-refractivity contribution >= 4 is 11.8 Å². The number of piperidine rings is 1. The molecule has 0 radical (unpaired) electrons. The molecular formula is C14H25N5. The molecule has 0 amide bonds. The summed E-state index contributed by atoms with van der Waals surface area (Å²) >= 11 is 0. The number of nitrogens with zero attached hydrogens (tertiary/aromatic N) is 4. The van der Waals surface area contributed by atoms with E-state index in [0.29, 0.717) is 6.04 Å². The fourth-order valence-corrected chi connectivity index (χ4v) is 2.59. The van der Waals surface area contributed by atoms with Gasteiger partial charge in [0, 0.05) is 31.4 Å². The Morgan fingerprint density at radius 1 is 1.42 bits per heavy atom. The van der Waals surface area contributed by atoms with Crippen molar-refractivity contribution in [2.45, 2.75) is 32.7 Å². The number of likely N-dealkylation sites (tertiary alicyclic amines) is 1. The maximum Gasteiger partial charge on any atom is 0.224 e. The molecule has 1 aromatic heterocycles. The molecule has 0 aromatic carbocycles. The summed E-state index contributed by atoms with van der Waals surface area (Å²) in [6.07, 6.45) is 4.31. The zero-order valence-corrected chi connectivity index (χ0v) is 12.5. The smallest absolute Gasteiger partial charge is 0.224 e. The number of nitrogens with one attached hydrogen (secondary N) is 1. The van der Waals surface area contributed by atoms with Gasteiger partial charge in [-0.25, -0.2) is 4.98 Å². The molecule has 1 aliphatic rings. The van der Waals surface area contributed by atoms with Gasteiger partial charge in [-0.2, -0.15) is 4.98 Å². The lowest BCUT2D eigenvalue weighted by molar-refractivity contribution is 0.252. The van der Waals surface area contributed by atoms with Crippen molar-refractivity contribution < 1.29 is 0 Å². The Morgan fingerprint density at radius 3 is 2.74 bits per heavy atom. The molecular weight excluding hydrogens is 238 g/mol. The predicted octanol–water partition coefficient (Wildman–Crippen LogP) is 1.75. The number of aromatic nitrogens is 2. The summed E-state index contributed by atoms with van der Waals surface area (Å²) in [5.41, 5.74) is 1.14. The Labute approximate surface area is 116 Å². The first-order valence-corrected chi connectivity index (χ1v) is 7.10. The van der Waals surface area contributed by atoms with Crippen LogP contribution in [-0.2, 0) is 0 Å². The van der Waals surface area contributed by atoms with Gasteiger partial charge in [0.25, 0.3) is 0 Å². The maximum atomic E-state index is 4.65. The summed E-state index contributed by atoms with van der Waals surface area (Å²) in [6, 6.07) is 0.583. The summed E-state index contributed by atoms with van der Waals surface area (Å²) in [4.78, 5) is 13.7. The van der Waals surface area contributed by atoms with Crippen LogP contribution in [0.3, 0.4) is 0 Å². The Morgan fingerprint density at radius 2 is 2.11 bits per heavy atom. The predicted molar refractivity (Wildman–Crippen MR) is 79.9 cm³/mol. The summed E-state index contributed by atoms with van der Waals surface area (Å²) in [7, 11) is 4.34. The molecule has 1 aromatic rings. The number of aryl methyl sites for hydroxylation is 1. The first-order valence-electron chi connectivity index (χ1n) is 7.10. The zero-order chi connectivity index (χ0) is 13.8. The minimum atomic E-state index is 0.583. The van der Waals surface area contributed by atoms with Gasteiger partial charge >= 0.3 is 0 Å². The highest BCUT2D eigenvalue weighted by Crippen LogP contribution is 2.23. The van der Waals surface area contributed by atoms with Crippen molar-refractivity contribution in [1.82, 2.24) is 14.9 Å². The molecule has 0 saturated carbocycles. The standard InChI is InChI=1S/C14H25N5/c1-5-15-14-16-10-11(2)13(17-14)19(4)12-6-8-18(3)9-7-12/h10,12H,5-9H2,1-4H3,(H,15,16,17). The lowest BCUT2D eigenvalue weighted by Crippen LogP contribution is -2.42. The molecule has 1 fully saturated rings. The highest BCUT2D eigenvalue weighted by atomic mass is 15.2. The molecule has 1 saturated heterocycles. The van der Waals surface area contributed by atoms with E-state index in [1.54, 1.807) is 0 Å².